The van der Waals surface area contributed by atoms with Gasteiger partial charge in [-0.15, -0.1) is 0 Å². The predicted octanol–water partition coefficient (Wildman–Crippen LogP) is 2.43. The molecular weight excluding hydrogens is 316 g/mol. The van der Waals surface area contributed by atoms with Crippen LogP contribution in [0, 0.1) is 0 Å². The molecule has 0 radical (unpaired) electrons. The first-order chi connectivity index (χ1) is 12.1. The maximum absolute atomic E-state index is 12.7. The molecule has 1 atom stereocenters. The highest BCUT2D eigenvalue weighted by molar-refractivity contribution is 6.21. The molecule has 0 aliphatic carbocycles. The van der Waals surface area contributed by atoms with Crippen molar-refractivity contribution in [2.24, 2.45) is 0 Å². The van der Waals surface area contributed by atoms with E-state index < -0.39 is 0 Å². The smallest absolute Gasteiger partial charge is 0.261 e. The Morgan fingerprint density at radius 3 is 2.24 bits per heavy atom. The van der Waals surface area contributed by atoms with Crippen LogP contribution in [0.2, 0.25) is 0 Å². The van der Waals surface area contributed by atoms with Crippen LogP contribution < -0.4 is 0 Å². The highest BCUT2D eigenvalue weighted by Gasteiger charge is 2.39. The molecule has 5 heteroatoms. The Morgan fingerprint density at radius 1 is 1.00 bits per heavy atom. The van der Waals surface area contributed by atoms with Gasteiger partial charge in [0.25, 0.3) is 11.8 Å². The van der Waals surface area contributed by atoms with Crippen LogP contribution in [0.3, 0.4) is 0 Å². The minimum atomic E-state index is -0.301. The SMILES string of the molecule is CC(=O)N1CCc2ccccc2C1CN1C(=O)c2ccccc2C1=O. The van der Waals surface area contributed by atoms with E-state index in [1.165, 1.54) is 17.4 Å². The zero-order valence-corrected chi connectivity index (χ0v) is 13.9. The molecule has 5 nitrogen and oxygen atoms in total. The number of benzene rings is 2. The first kappa shape index (κ1) is 15.6. The summed E-state index contributed by atoms with van der Waals surface area (Å²) in [7, 11) is 0. The van der Waals surface area contributed by atoms with Crippen LogP contribution in [0.15, 0.2) is 48.5 Å². The number of hydrogen-bond acceptors (Lipinski definition) is 3. The fourth-order valence-corrected chi connectivity index (χ4v) is 3.80. The van der Waals surface area contributed by atoms with E-state index in [0.717, 1.165) is 12.0 Å². The van der Waals surface area contributed by atoms with Crippen LogP contribution in [0.1, 0.15) is 44.8 Å². The summed E-state index contributed by atoms with van der Waals surface area (Å²) in [6.07, 6.45) is 0.786. The highest BCUT2D eigenvalue weighted by Crippen LogP contribution is 2.33. The summed E-state index contributed by atoms with van der Waals surface area (Å²) in [5.41, 5.74) is 3.05. The van der Waals surface area contributed by atoms with E-state index in [4.69, 9.17) is 0 Å². The summed E-state index contributed by atoms with van der Waals surface area (Å²) in [5, 5.41) is 0. The Balaban J connectivity index is 1.71. The van der Waals surface area contributed by atoms with Gasteiger partial charge < -0.3 is 4.90 Å². The molecule has 2 aromatic rings. The monoisotopic (exact) mass is 334 g/mol. The Morgan fingerprint density at radius 2 is 1.60 bits per heavy atom. The van der Waals surface area contributed by atoms with Crippen molar-refractivity contribution in [1.29, 1.82) is 0 Å². The zero-order valence-electron chi connectivity index (χ0n) is 13.9. The van der Waals surface area contributed by atoms with Gasteiger partial charge in [0, 0.05) is 13.5 Å². The molecule has 2 aromatic carbocycles. The van der Waals surface area contributed by atoms with Crippen LogP contribution in [-0.2, 0) is 11.2 Å². The molecule has 0 spiro atoms. The van der Waals surface area contributed by atoms with Crippen LogP contribution in [-0.4, -0.2) is 40.6 Å². The van der Waals surface area contributed by atoms with Gasteiger partial charge in [0.05, 0.1) is 23.7 Å². The molecule has 0 saturated carbocycles. The third-order valence-electron chi connectivity index (χ3n) is 5.05. The number of rotatable bonds is 2. The van der Waals surface area contributed by atoms with Crippen molar-refractivity contribution in [3.05, 3.63) is 70.8 Å². The number of fused-ring (bicyclic) bond motifs is 2. The molecule has 2 heterocycles. The van der Waals surface area contributed by atoms with Crippen LogP contribution in [0.25, 0.3) is 0 Å². The number of amides is 3. The van der Waals surface area contributed by atoms with Gasteiger partial charge in [0.1, 0.15) is 0 Å². The van der Waals surface area contributed by atoms with E-state index in [2.05, 4.69) is 0 Å². The van der Waals surface area contributed by atoms with Crippen molar-refractivity contribution >= 4 is 17.7 Å². The van der Waals surface area contributed by atoms with Gasteiger partial charge in [-0.25, -0.2) is 0 Å². The van der Waals surface area contributed by atoms with Gasteiger partial charge in [0.2, 0.25) is 5.91 Å². The topological polar surface area (TPSA) is 57.7 Å². The van der Waals surface area contributed by atoms with Crippen LogP contribution in [0.4, 0.5) is 0 Å². The number of carbonyl (C=O) groups is 3. The van der Waals surface area contributed by atoms with E-state index in [-0.39, 0.29) is 30.3 Å². The van der Waals surface area contributed by atoms with E-state index in [9.17, 15) is 14.4 Å². The van der Waals surface area contributed by atoms with Crippen molar-refractivity contribution in [2.45, 2.75) is 19.4 Å². The Labute approximate surface area is 145 Å². The first-order valence-corrected chi connectivity index (χ1v) is 8.38. The summed E-state index contributed by atoms with van der Waals surface area (Å²) in [6, 6.07) is 14.5. The largest absolute Gasteiger partial charge is 0.334 e. The third-order valence-corrected chi connectivity index (χ3v) is 5.05. The summed E-state index contributed by atoms with van der Waals surface area (Å²) >= 11 is 0. The molecule has 25 heavy (non-hydrogen) atoms. The van der Waals surface area contributed by atoms with Gasteiger partial charge >= 0.3 is 0 Å². The van der Waals surface area contributed by atoms with Crippen molar-refractivity contribution in [3.8, 4) is 0 Å². The molecule has 3 amide bonds. The number of imide groups is 1. The van der Waals surface area contributed by atoms with Gasteiger partial charge in [-0.05, 0) is 29.7 Å². The number of nitrogens with zero attached hydrogens (tertiary/aromatic N) is 2. The van der Waals surface area contributed by atoms with Gasteiger partial charge in [-0.1, -0.05) is 36.4 Å². The lowest BCUT2D eigenvalue weighted by Gasteiger charge is -2.38. The van der Waals surface area contributed by atoms with Gasteiger partial charge in [-0.2, -0.15) is 0 Å². The number of carbonyl (C=O) groups excluding carboxylic acids is 3. The summed E-state index contributed by atoms with van der Waals surface area (Å²) in [4.78, 5) is 40.5. The molecule has 0 fully saturated rings. The Kier molecular flexibility index (Phi) is 3.64. The maximum Gasteiger partial charge on any atom is 0.261 e. The molecule has 0 saturated heterocycles. The van der Waals surface area contributed by atoms with E-state index >= 15 is 0 Å². The van der Waals surface area contributed by atoms with Crippen LogP contribution in [0.5, 0.6) is 0 Å². The second kappa shape index (κ2) is 5.84. The normalized spacial score (nSPS) is 19.0. The minimum Gasteiger partial charge on any atom is -0.334 e. The van der Waals surface area contributed by atoms with Crippen molar-refractivity contribution < 1.29 is 14.4 Å². The van der Waals surface area contributed by atoms with E-state index in [1.807, 2.05) is 24.3 Å². The molecular formula is C20H18N2O3. The molecule has 126 valence electrons. The summed E-state index contributed by atoms with van der Waals surface area (Å²) < 4.78 is 0. The second-order valence-electron chi connectivity index (χ2n) is 6.44. The fraction of sp³-hybridized carbons (Fsp3) is 0.250. The third kappa shape index (κ3) is 2.43. The minimum absolute atomic E-state index is 0.0453. The standard InChI is InChI=1S/C20H18N2O3/c1-13(23)21-11-10-14-6-2-3-7-15(14)18(21)12-22-19(24)16-8-4-5-9-17(16)20(22)25/h2-9,18H,10-12H2,1H3. The Bertz CT molecular complexity index is 855. The lowest BCUT2D eigenvalue weighted by molar-refractivity contribution is -0.132. The maximum atomic E-state index is 12.7. The molecule has 2 aliphatic heterocycles. The molecule has 4 rings (SSSR count). The van der Waals surface area contributed by atoms with Gasteiger partial charge in [0.15, 0.2) is 0 Å². The van der Waals surface area contributed by atoms with Gasteiger partial charge in [-0.3, -0.25) is 19.3 Å². The fourth-order valence-electron chi connectivity index (χ4n) is 3.80. The van der Waals surface area contributed by atoms with E-state index in [0.29, 0.717) is 17.7 Å². The van der Waals surface area contributed by atoms with E-state index in [1.54, 1.807) is 29.2 Å². The zero-order chi connectivity index (χ0) is 17.6. The average Bonchev–Trinajstić information content (AvgIpc) is 2.87. The first-order valence-electron chi connectivity index (χ1n) is 8.38. The molecule has 0 bridgehead atoms. The number of hydrogen-bond donors (Lipinski definition) is 0. The summed E-state index contributed by atoms with van der Waals surface area (Å²) in [6.45, 7) is 2.31. The summed E-state index contributed by atoms with van der Waals surface area (Å²) in [5.74, 6) is -0.615. The molecule has 2 aliphatic rings. The Hall–Kier alpha value is -2.95. The van der Waals surface area contributed by atoms with Crippen LogP contribution >= 0.6 is 0 Å². The lowest BCUT2D eigenvalue weighted by Crippen LogP contribution is -2.45. The lowest BCUT2D eigenvalue weighted by atomic mass is 9.92. The quantitative estimate of drug-likeness (QED) is 0.793. The molecule has 0 aromatic heterocycles. The predicted molar refractivity (Wildman–Crippen MR) is 92.1 cm³/mol. The van der Waals surface area contributed by atoms with Crippen molar-refractivity contribution in [2.75, 3.05) is 13.1 Å². The van der Waals surface area contributed by atoms with Crippen molar-refractivity contribution in [3.63, 3.8) is 0 Å². The molecule has 1 unspecified atom stereocenters. The highest BCUT2D eigenvalue weighted by atomic mass is 16.2. The average molecular weight is 334 g/mol. The molecule has 0 N–H and O–H groups in total. The second-order valence-corrected chi connectivity index (χ2v) is 6.44. The van der Waals surface area contributed by atoms with Crippen molar-refractivity contribution in [1.82, 2.24) is 9.80 Å².